The third-order valence-electron chi connectivity index (χ3n) is 3.20. The van der Waals surface area contributed by atoms with Crippen molar-refractivity contribution in [2.45, 2.75) is 33.0 Å². The molecule has 1 N–H and O–H groups in total. The molecule has 5 heteroatoms. The zero-order chi connectivity index (χ0) is 14.4. The van der Waals surface area contributed by atoms with E-state index in [1.165, 1.54) is 11.1 Å². The third-order valence-corrected chi connectivity index (χ3v) is 3.20. The molecule has 2 rings (SSSR count). The van der Waals surface area contributed by atoms with Crippen molar-refractivity contribution in [2.75, 3.05) is 13.6 Å². The summed E-state index contributed by atoms with van der Waals surface area (Å²) in [5.41, 5.74) is 2.48. The lowest BCUT2D eigenvalue weighted by molar-refractivity contribution is 0.314. The standard InChI is InChI=1S/C15H24N4O/c1-4-6-16-9-15-14(5-7-20-15)12-18(2)10-13-8-17-19(3)11-13/h5,7-8,11,16H,4,6,9-10,12H2,1-3H3. The molecule has 0 amide bonds. The number of nitrogens with one attached hydrogen (secondary N) is 1. The molecule has 0 radical (unpaired) electrons. The summed E-state index contributed by atoms with van der Waals surface area (Å²) in [6.45, 7) is 5.76. The van der Waals surface area contributed by atoms with E-state index < -0.39 is 0 Å². The lowest BCUT2D eigenvalue weighted by Crippen LogP contribution is -2.19. The second-order valence-electron chi connectivity index (χ2n) is 5.24. The molecule has 0 spiro atoms. The fourth-order valence-electron chi connectivity index (χ4n) is 2.25. The minimum atomic E-state index is 0.802. The number of rotatable bonds is 8. The highest BCUT2D eigenvalue weighted by Crippen LogP contribution is 2.14. The number of hydrogen-bond donors (Lipinski definition) is 1. The van der Waals surface area contributed by atoms with Crippen LogP contribution in [0.1, 0.15) is 30.2 Å². The van der Waals surface area contributed by atoms with Crippen LogP contribution in [0.2, 0.25) is 0 Å². The fourth-order valence-corrected chi connectivity index (χ4v) is 2.25. The Morgan fingerprint density at radius 3 is 2.95 bits per heavy atom. The maximum absolute atomic E-state index is 5.56. The third kappa shape index (κ3) is 4.21. The minimum absolute atomic E-state index is 0.802. The first-order chi connectivity index (χ1) is 9.69. The van der Waals surface area contributed by atoms with E-state index in [1.807, 2.05) is 17.9 Å². The van der Waals surface area contributed by atoms with E-state index in [0.29, 0.717) is 0 Å². The van der Waals surface area contributed by atoms with Crippen molar-refractivity contribution in [1.82, 2.24) is 20.0 Å². The Morgan fingerprint density at radius 1 is 1.40 bits per heavy atom. The highest BCUT2D eigenvalue weighted by molar-refractivity contribution is 5.17. The summed E-state index contributed by atoms with van der Waals surface area (Å²) in [4.78, 5) is 2.27. The zero-order valence-corrected chi connectivity index (χ0v) is 12.6. The molecule has 110 valence electrons. The van der Waals surface area contributed by atoms with Gasteiger partial charge in [-0.15, -0.1) is 0 Å². The lowest BCUT2D eigenvalue weighted by atomic mass is 10.2. The van der Waals surface area contributed by atoms with Crippen LogP contribution in [-0.4, -0.2) is 28.3 Å². The summed E-state index contributed by atoms with van der Waals surface area (Å²) < 4.78 is 7.40. The summed E-state index contributed by atoms with van der Waals surface area (Å²) in [5.74, 6) is 1.04. The molecule has 0 aliphatic heterocycles. The molecule has 0 saturated carbocycles. The van der Waals surface area contributed by atoms with E-state index in [2.05, 4.69) is 41.5 Å². The number of aryl methyl sites for hydroxylation is 1. The van der Waals surface area contributed by atoms with Crippen molar-refractivity contribution >= 4 is 0 Å². The van der Waals surface area contributed by atoms with E-state index in [0.717, 1.165) is 38.4 Å². The summed E-state index contributed by atoms with van der Waals surface area (Å²) in [5, 5.41) is 7.57. The maximum atomic E-state index is 5.56. The molecule has 0 atom stereocenters. The van der Waals surface area contributed by atoms with Gasteiger partial charge in [0.05, 0.1) is 19.0 Å². The maximum Gasteiger partial charge on any atom is 0.122 e. The van der Waals surface area contributed by atoms with E-state index >= 15 is 0 Å². The second kappa shape index (κ2) is 7.26. The average molecular weight is 276 g/mol. The first-order valence-electron chi connectivity index (χ1n) is 7.11. The predicted molar refractivity (Wildman–Crippen MR) is 79.1 cm³/mol. The number of hydrogen-bond acceptors (Lipinski definition) is 4. The summed E-state index contributed by atoms with van der Waals surface area (Å²) >= 11 is 0. The molecule has 0 unspecified atom stereocenters. The van der Waals surface area contributed by atoms with E-state index in [-0.39, 0.29) is 0 Å². The number of nitrogens with zero attached hydrogens (tertiary/aromatic N) is 3. The summed E-state index contributed by atoms with van der Waals surface area (Å²) in [7, 11) is 4.06. The van der Waals surface area contributed by atoms with Gasteiger partial charge in [-0.25, -0.2) is 0 Å². The smallest absolute Gasteiger partial charge is 0.122 e. The van der Waals surface area contributed by atoms with Gasteiger partial charge >= 0.3 is 0 Å². The van der Waals surface area contributed by atoms with Crippen molar-refractivity contribution < 1.29 is 4.42 Å². The van der Waals surface area contributed by atoms with Crippen LogP contribution in [0.5, 0.6) is 0 Å². The van der Waals surface area contributed by atoms with Gasteiger partial charge < -0.3 is 9.73 Å². The van der Waals surface area contributed by atoms with Crippen molar-refractivity contribution in [1.29, 1.82) is 0 Å². The first-order valence-corrected chi connectivity index (χ1v) is 7.11. The van der Waals surface area contributed by atoms with Crippen molar-refractivity contribution in [2.24, 2.45) is 7.05 Å². The van der Waals surface area contributed by atoms with Crippen LogP contribution in [0.4, 0.5) is 0 Å². The van der Waals surface area contributed by atoms with Crippen LogP contribution in [0.15, 0.2) is 29.1 Å². The van der Waals surface area contributed by atoms with Crippen LogP contribution in [0, 0.1) is 0 Å². The highest BCUT2D eigenvalue weighted by Gasteiger charge is 2.09. The Bertz CT molecular complexity index is 517. The quantitative estimate of drug-likeness (QED) is 0.750. The Hall–Kier alpha value is -1.59. The fraction of sp³-hybridized carbons (Fsp3) is 0.533. The molecular formula is C15H24N4O. The van der Waals surface area contributed by atoms with Gasteiger partial charge in [0.15, 0.2) is 0 Å². The lowest BCUT2D eigenvalue weighted by Gasteiger charge is -2.15. The Kier molecular flexibility index (Phi) is 5.38. The largest absolute Gasteiger partial charge is 0.468 e. The van der Waals surface area contributed by atoms with Gasteiger partial charge in [-0.1, -0.05) is 6.92 Å². The van der Waals surface area contributed by atoms with Gasteiger partial charge in [0.25, 0.3) is 0 Å². The van der Waals surface area contributed by atoms with E-state index in [9.17, 15) is 0 Å². The molecule has 0 fully saturated rings. The number of furan rings is 1. The zero-order valence-electron chi connectivity index (χ0n) is 12.6. The van der Waals surface area contributed by atoms with Gasteiger partial charge in [0, 0.05) is 37.5 Å². The topological polar surface area (TPSA) is 46.2 Å². The molecule has 0 aliphatic rings. The molecular weight excluding hydrogens is 252 g/mol. The molecule has 0 saturated heterocycles. The second-order valence-corrected chi connectivity index (χ2v) is 5.24. The summed E-state index contributed by atoms with van der Waals surface area (Å²) in [6.07, 6.45) is 6.87. The summed E-state index contributed by atoms with van der Waals surface area (Å²) in [6, 6.07) is 2.06. The van der Waals surface area contributed by atoms with Crippen LogP contribution < -0.4 is 5.32 Å². The van der Waals surface area contributed by atoms with Crippen molar-refractivity contribution in [3.8, 4) is 0 Å². The molecule has 5 nitrogen and oxygen atoms in total. The molecule has 2 aromatic rings. The van der Waals surface area contributed by atoms with Gasteiger partial charge in [-0.05, 0) is 26.1 Å². The Labute approximate surface area is 120 Å². The van der Waals surface area contributed by atoms with Crippen LogP contribution >= 0.6 is 0 Å². The molecule has 20 heavy (non-hydrogen) atoms. The van der Waals surface area contributed by atoms with Crippen molar-refractivity contribution in [3.63, 3.8) is 0 Å². The van der Waals surface area contributed by atoms with Crippen molar-refractivity contribution in [3.05, 3.63) is 41.6 Å². The highest BCUT2D eigenvalue weighted by atomic mass is 16.3. The SMILES string of the molecule is CCCNCc1occc1CN(C)Cc1cnn(C)c1. The Balaban J connectivity index is 1.87. The molecule has 0 aliphatic carbocycles. The monoisotopic (exact) mass is 276 g/mol. The van der Waals surface area contributed by atoms with E-state index in [1.54, 1.807) is 6.26 Å². The van der Waals surface area contributed by atoms with Gasteiger partial charge in [-0.2, -0.15) is 5.10 Å². The Morgan fingerprint density at radius 2 is 2.25 bits per heavy atom. The molecule has 2 aromatic heterocycles. The number of aromatic nitrogens is 2. The average Bonchev–Trinajstić information content (AvgIpc) is 3.00. The van der Waals surface area contributed by atoms with Crippen LogP contribution in [0.3, 0.4) is 0 Å². The van der Waals surface area contributed by atoms with Gasteiger partial charge in [-0.3, -0.25) is 9.58 Å². The minimum Gasteiger partial charge on any atom is -0.468 e. The van der Waals surface area contributed by atoms with Gasteiger partial charge in [0.2, 0.25) is 0 Å². The molecule has 2 heterocycles. The van der Waals surface area contributed by atoms with Crippen LogP contribution in [-0.2, 0) is 26.7 Å². The van der Waals surface area contributed by atoms with E-state index in [4.69, 9.17) is 4.42 Å². The van der Waals surface area contributed by atoms with Crippen LogP contribution in [0.25, 0.3) is 0 Å². The predicted octanol–water partition coefficient (Wildman–Crippen LogP) is 2.14. The van der Waals surface area contributed by atoms with Gasteiger partial charge in [0.1, 0.15) is 5.76 Å². The first kappa shape index (κ1) is 14.8. The normalized spacial score (nSPS) is 11.4. The molecule has 0 aromatic carbocycles. The molecule has 0 bridgehead atoms.